The van der Waals surface area contributed by atoms with Crippen molar-refractivity contribution in [3.05, 3.63) is 0 Å². The van der Waals surface area contributed by atoms with Crippen molar-refractivity contribution in [2.45, 2.75) is 177 Å². The lowest BCUT2D eigenvalue weighted by atomic mass is 9.72. The average Bonchev–Trinajstić information content (AvgIpc) is 3.60. The third kappa shape index (κ3) is 27.9. The Morgan fingerprint density at radius 1 is 0.671 bits per heavy atom. The molecule has 5 heterocycles. The third-order valence-corrected chi connectivity index (χ3v) is 16.2. The first kappa shape index (κ1) is 66.8. The molecule has 4 N–H and O–H groups in total. The van der Waals surface area contributed by atoms with Crippen LogP contribution in [-0.4, -0.2) is 188 Å². The molecule has 2 atom stereocenters. The average molecular weight is 998 g/mol. The number of nitrogens with one attached hydrogen (secondary N) is 1. The van der Waals surface area contributed by atoms with Crippen LogP contribution in [0.15, 0.2) is 0 Å². The summed E-state index contributed by atoms with van der Waals surface area (Å²) in [6, 6.07) is 1.08. The molecule has 0 spiro atoms. The van der Waals surface area contributed by atoms with E-state index in [9.17, 15) is 9.59 Å². The summed E-state index contributed by atoms with van der Waals surface area (Å²) in [6.07, 6.45) is 18.3. The van der Waals surface area contributed by atoms with Crippen molar-refractivity contribution < 1.29 is 33.6 Å². The molecule has 5 saturated carbocycles. The number of carboxylic acid groups (broad SMARTS) is 1. The summed E-state index contributed by atoms with van der Waals surface area (Å²) in [5.41, 5.74) is 5.30. The Balaban J connectivity index is 0.000000397. The fourth-order valence-electron chi connectivity index (χ4n) is 10.3. The maximum Gasteiger partial charge on any atom is 0.309 e. The van der Waals surface area contributed by atoms with Gasteiger partial charge in [-0.25, -0.2) is 0 Å². The maximum atomic E-state index is 10.9. The summed E-state index contributed by atoms with van der Waals surface area (Å²) >= 11 is 0. The highest BCUT2D eigenvalue weighted by Gasteiger charge is 2.54. The van der Waals surface area contributed by atoms with Gasteiger partial charge in [-0.1, -0.05) is 81.1 Å². The number of carbonyl (C=O) groups is 2. The van der Waals surface area contributed by atoms with Crippen molar-refractivity contribution in [1.29, 1.82) is 0 Å². The van der Waals surface area contributed by atoms with E-state index >= 15 is 0 Å². The van der Waals surface area contributed by atoms with Crippen LogP contribution >= 0.6 is 0 Å². The van der Waals surface area contributed by atoms with E-state index in [-0.39, 0.29) is 7.43 Å². The van der Waals surface area contributed by atoms with Gasteiger partial charge in [-0.05, 0) is 148 Å². The molecule has 13 nitrogen and oxygen atoms in total. The number of hydrogen-bond acceptors (Lipinski definition) is 12. The van der Waals surface area contributed by atoms with E-state index in [4.69, 9.17) is 29.8 Å². The summed E-state index contributed by atoms with van der Waals surface area (Å²) in [5.74, 6) is 6.12. The molecule has 10 aliphatic rings. The minimum atomic E-state index is -0.621. The molecular weight excluding hydrogens is 881 g/mol. The largest absolute Gasteiger partial charge is 0.481 e. The molecule has 0 radical (unpaired) electrons. The van der Waals surface area contributed by atoms with E-state index < -0.39 is 11.4 Å². The minimum Gasteiger partial charge on any atom is -0.481 e. The number of nitrogens with two attached hydrogens (primary N) is 1. The molecule has 0 aromatic carbocycles. The highest BCUT2D eigenvalue weighted by molar-refractivity contribution is 5.79. The molecule has 5 aliphatic heterocycles. The Kier molecular flexibility index (Phi) is 34.9. The molecule has 0 aromatic rings. The standard InChI is InChI=1S/C9H16O2.C8H18N2.C8H13NO.C7H14.C6H12O.2C5H11N.C4H9NO.C4H8O2.CH4/c1-7-3-5-9(2,6-4-7)8(10)11;1-3-4-10-7-5-9(2)6-8-10;1-4(10)5-2-6-7(3-5)8(6)9;1-7-5-3-2-4-6-7;1-5-3-6(4-5)7-2;2*1-5-3-6(2)4-5;2*1-5-4-2-6-3-4;/h7H,3-6H2,1-2H3,(H,10,11);3-8H2,1-2H3;5-8H,2-3,9H2,1H3;7H,2-6H2,1H3;5-6H,3-4H2,1-2H3;2*5H,3-4H2,1-2H3;4-5H,2-3H2,1H3;4H,2-3H2,1H3;1H4. The van der Waals surface area contributed by atoms with Gasteiger partial charge >= 0.3 is 5.97 Å². The number of ketones is 1. The highest BCUT2D eigenvalue weighted by atomic mass is 16.6. The van der Waals surface area contributed by atoms with Crippen molar-refractivity contribution in [2.75, 3.05) is 128 Å². The summed E-state index contributed by atoms with van der Waals surface area (Å²) in [5, 5.41) is 12.0. The first-order valence-electron chi connectivity index (χ1n) is 27.9. The van der Waals surface area contributed by atoms with E-state index in [0.29, 0.717) is 47.8 Å². The smallest absolute Gasteiger partial charge is 0.309 e. The normalized spacial score (nSPS) is 31.8. The lowest BCUT2D eigenvalue weighted by molar-refractivity contribution is -0.150. The lowest BCUT2D eigenvalue weighted by Gasteiger charge is -2.33. The quantitative estimate of drug-likeness (QED) is 0.224. The molecule has 70 heavy (non-hydrogen) atoms. The van der Waals surface area contributed by atoms with Crippen molar-refractivity contribution in [2.24, 2.45) is 58.5 Å². The second kappa shape index (κ2) is 36.6. The van der Waals surface area contributed by atoms with Gasteiger partial charge in [-0.3, -0.25) is 9.59 Å². The van der Waals surface area contributed by atoms with Gasteiger partial charge in [0.2, 0.25) is 0 Å². The van der Waals surface area contributed by atoms with Crippen LogP contribution in [-0.2, 0) is 28.5 Å². The molecule has 0 amide bonds. The van der Waals surface area contributed by atoms with Crippen LogP contribution < -0.4 is 11.1 Å². The van der Waals surface area contributed by atoms with Crippen molar-refractivity contribution >= 4 is 11.8 Å². The molecule has 0 aromatic heterocycles. The van der Waals surface area contributed by atoms with Crippen molar-refractivity contribution in [1.82, 2.24) is 24.9 Å². The summed E-state index contributed by atoms with van der Waals surface area (Å²) in [4.78, 5) is 31.2. The number of hydrogen-bond donors (Lipinski definition) is 3. The number of nitrogens with zero attached hydrogens (tertiary/aromatic N) is 4. The van der Waals surface area contributed by atoms with Crippen LogP contribution in [0.4, 0.5) is 0 Å². The Morgan fingerprint density at radius 3 is 1.36 bits per heavy atom. The number of piperazine rings is 1. The Morgan fingerprint density at radius 2 is 1.13 bits per heavy atom. The van der Waals surface area contributed by atoms with Gasteiger partial charge in [0.25, 0.3) is 0 Å². The SMILES string of the molecule is C.CC(=O)C1CC2C(N)C2C1.CC1CCC(C)(C(=O)O)CC1.CC1CCCCC1.CC1CN(C)C1.CC1CN(C)C1.CCCN1CCN(C)CC1.CNC1COC1.COC1CC(C)C1.COC1COC1. The maximum absolute atomic E-state index is 10.9. The molecule has 5 saturated heterocycles. The van der Waals surface area contributed by atoms with Crippen LogP contribution in [0.5, 0.6) is 0 Å². The second-order valence-corrected chi connectivity index (χ2v) is 23.6. The lowest BCUT2D eigenvalue weighted by Crippen LogP contribution is -2.44. The monoisotopic (exact) mass is 997 g/mol. The van der Waals surface area contributed by atoms with Crippen LogP contribution in [0.1, 0.15) is 153 Å². The number of aliphatic carboxylic acids is 1. The van der Waals surface area contributed by atoms with Gasteiger partial charge in [0.15, 0.2) is 0 Å². The zero-order valence-electron chi connectivity index (χ0n) is 47.3. The van der Waals surface area contributed by atoms with E-state index in [1.54, 1.807) is 21.1 Å². The molecule has 416 valence electrons. The predicted octanol–water partition coefficient (Wildman–Crippen LogP) is 8.92. The van der Waals surface area contributed by atoms with Gasteiger partial charge in [-0.15, -0.1) is 0 Å². The zero-order chi connectivity index (χ0) is 51.5. The number of rotatable bonds is 7. The number of carbonyl (C=O) groups excluding carboxylic acids is 1. The van der Waals surface area contributed by atoms with E-state index in [1.807, 2.05) is 14.0 Å². The third-order valence-electron chi connectivity index (χ3n) is 16.2. The van der Waals surface area contributed by atoms with Crippen LogP contribution in [0, 0.1) is 52.8 Å². The van der Waals surface area contributed by atoms with Crippen LogP contribution in [0.2, 0.25) is 0 Å². The Bertz CT molecular complexity index is 1240. The summed E-state index contributed by atoms with van der Waals surface area (Å²) < 4.78 is 19.6. The number of likely N-dealkylation sites (N-methyl/N-ethyl adjacent to an activating group) is 2. The molecule has 5 aliphatic carbocycles. The molecule has 10 fully saturated rings. The predicted molar refractivity (Wildman–Crippen MR) is 293 cm³/mol. The van der Waals surface area contributed by atoms with Crippen molar-refractivity contribution in [3.8, 4) is 0 Å². The van der Waals surface area contributed by atoms with Crippen LogP contribution in [0.25, 0.3) is 0 Å². The van der Waals surface area contributed by atoms with Crippen molar-refractivity contribution in [3.63, 3.8) is 0 Å². The number of methoxy groups -OCH3 is 2. The number of ether oxygens (including phenoxy) is 4. The number of likely N-dealkylation sites (tertiary alicyclic amines) is 2. The Hall–Kier alpha value is -1.26. The first-order chi connectivity index (χ1) is 32.7. The first-order valence-corrected chi connectivity index (χ1v) is 27.9. The fraction of sp³-hybridized carbons (Fsp3) is 0.965. The minimum absolute atomic E-state index is 0. The number of fused-ring (bicyclic) bond motifs is 1. The summed E-state index contributed by atoms with van der Waals surface area (Å²) in [7, 11) is 11.9. The van der Waals surface area contributed by atoms with Gasteiger partial charge in [0.1, 0.15) is 11.9 Å². The number of Topliss-reactive ketones (excluding diaryl/α,β-unsaturated/α-hetero) is 1. The molecule has 13 heteroatoms. The van der Waals surface area contributed by atoms with E-state index in [1.165, 1.54) is 110 Å². The summed E-state index contributed by atoms with van der Waals surface area (Å²) in [6.45, 7) is 32.1. The Labute approximate surface area is 432 Å². The van der Waals surface area contributed by atoms with Crippen LogP contribution in [0.3, 0.4) is 0 Å². The van der Waals surface area contributed by atoms with Gasteiger partial charge in [-0.2, -0.15) is 0 Å². The van der Waals surface area contributed by atoms with Gasteiger partial charge in [0.05, 0.1) is 44.0 Å². The van der Waals surface area contributed by atoms with E-state index in [2.05, 4.69) is 87.6 Å². The van der Waals surface area contributed by atoms with Gasteiger partial charge in [0, 0.05) is 78.5 Å². The van der Waals surface area contributed by atoms with Gasteiger partial charge < -0.3 is 54.7 Å². The molecule has 10 rings (SSSR count). The molecule has 2 unspecified atom stereocenters. The van der Waals surface area contributed by atoms with E-state index in [0.717, 1.165) is 94.5 Å². The number of carboxylic acids is 1. The highest BCUT2D eigenvalue weighted by Crippen LogP contribution is 2.53. The second-order valence-electron chi connectivity index (χ2n) is 23.6. The topological polar surface area (TPSA) is 142 Å². The zero-order valence-corrected chi connectivity index (χ0v) is 47.3. The fourth-order valence-corrected chi connectivity index (χ4v) is 10.3. The molecule has 0 bridgehead atoms. The molecular formula is C57H116N6O7.